The summed E-state index contributed by atoms with van der Waals surface area (Å²) in [5, 5.41) is 2.94. The number of carbonyl (C=O) groups is 3. The van der Waals surface area contributed by atoms with Crippen LogP contribution in [0.5, 0.6) is 0 Å². The van der Waals surface area contributed by atoms with E-state index < -0.39 is 28.5 Å². The van der Waals surface area contributed by atoms with Gasteiger partial charge in [-0.25, -0.2) is 8.42 Å². The number of anilines is 1. The van der Waals surface area contributed by atoms with Gasteiger partial charge in [-0.05, 0) is 51.3 Å². The van der Waals surface area contributed by atoms with Crippen molar-refractivity contribution in [1.29, 1.82) is 0 Å². The molecule has 0 fully saturated rings. The van der Waals surface area contributed by atoms with Crippen LogP contribution in [0.15, 0.2) is 48.5 Å². The molecule has 2 atom stereocenters. The van der Waals surface area contributed by atoms with Crippen molar-refractivity contribution in [2.24, 2.45) is 0 Å². The lowest BCUT2D eigenvalue weighted by molar-refractivity contribution is -0.140. The molecule has 0 aromatic heterocycles. The Kier molecular flexibility index (Phi) is 10.2. The number of rotatable bonds is 12. The number of hydrogen-bond acceptors (Lipinski definition) is 5. The highest BCUT2D eigenvalue weighted by Crippen LogP contribution is 2.21. The first kappa shape index (κ1) is 29.0. The number of Topliss-reactive ketones (excluding diaryl/α,β-unsaturated/α-hetero) is 1. The van der Waals surface area contributed by atoms with Gasteiger partial charge in [0.05, 0.1) is 11.9 Å². The molecule has 8 nitrogen and oxygen atoms in total. The minimum absolute atomic E-state index is 0.0651. The molecule has 0 aliphatic heterocycles. The lowest BCUT2D eigenvalue weighted by Crippen LogP contribution is -2.53. The molecule has 196 valence electrons. The standard InChI is InChI=1S/C27H37N3O5S/c1-7-20(4)28-27(33)25(8-2)29(17-22-14-12-19(3)13-15-22)26(32)18-30(36(6,34)35)24-11-9-10-23(16-24)21(5)31/h9-16,20,25H,7-8,17-18H2,1-6H3,(H,28,33)/t20-,25+/m1/s1. The summed E-state index contributed by atoms with van der Waals surface area (Å²) < 4.78 is 26.4. The first-order valence-electron chi connectivity index (χ1n) is 12.1. The summed E-state index contributed by atoms with van der Waals surface area (Å²) in [5.41, 5.74) is 2.44. The summed E-state index contributed by atoms with van der Waals surface area (Å²) in [5.74, 6) is -1.01. The van der Waals surface area contributed by atoms with E-state index in [2.05, 4.69) is 5.32 Å². The number of carbonyl (C=O) groups excluding carboxylic acids is 3. The van der Waals surface area contributed by atoms with E-state index in [9.17, 15) is 22.8 Å². The summed E-state index contributed by atoms with van der Waals surface area (Å²) in [6, 6.07) is 12.9. The van der Waals surface area contributed by atoms with Gasteiger partial charge in [0.15, 0.2) is 5.78 Å². The van der Waals surface area contributed by atoms with Gasteiger partial charge in [-0.2, -0.15) is 0 Å². The number of hydrogen-bond donors (Lipinski definition) is 1. The van der Waals surface area contributed by atoms with Gasteiger partial charge in [-0.3, -0.25) is 18.7 Å². The van der Waals surface area contributed by atoms with Crippen LogP contribution in [0, 0.1) is 6.92 Å². The Morgan fingerprint density at radius 2 is 1.64 bits per heavy atom. The first-order chi connectivity index (χ1) is 16.9. The summed E-state index contributed by atoms with van der Waals surface area (Å²) in [7, 11) is -3.87. The second-order valence-electron chi connectivity index (χ2n) is 9.13. The van der Waals surface area contributed by atoms with Gasteiger partial charge in [0.25, 0.3) is 0 Å². The van der Waals surface area contributed by atoms with Crippen LogP contribution in [0.25, 0.3) is 0 Å². The predicted molar refractivity (Wildman–Crippen MR) is 142 cm³/mol. The van der Waals surface area contributed by atoms with Crippen LogP contribution in [0.2, 0.25) is 0 Å². The van der Waals surface area contributed by atoms with E-state index in [4.69, 9.17) is 0 Å². The van der Waals surface area contributed by atoms with Crippen molar-refractivity contribution in [3.05, 3.63) is 65.2 Å². The number of ketones is 1. The Hall–Kier alpha value is -3.20. The molecule has 0 aliphatic rings. The highest BCUT2D eigenvalue weighted by atomic mass is 32.2. The van der Waals surface area contributed by atoms with Crippen molar-refractivity contribution in [2.75, 3.05) is 17.1 Å². The number of nitrogens with zero attached hydrogens (tertiary/aromatic N) is 2. The highest BCUT2D eigenvalue weighted by molar-refractivity contribution is 7.92. The van der Waals surface area contributed by atoms with Crippen molar-refractivity contribution in [1.82, 2.24) is 10.2 Å². The molecular formula is C27H37N3O5S. The zero-order valence-corrected chi connectivity index (χ0v) is 22.8. The molecule has 0 heterocycles. The average molecular weight is 516 g/mol. The molecule has 2 aromatic carbocycles. The summed E-state index contributed by atoms with van der Waals surface area (Å²) in [6.45, 7) is 8.67. The number of benzene rings is 2. The zero-order chi connectivity index (χ0) is 27.0. The van der Waals surface area contributed by atoms with Crippen molar-refractivity contribution in [2.45, 2.75) is 66.1 Å². The van der Waals surface area contributed by atoms with Crippen LogP contribution < -0.4 is 9.62 Å². The number of aryl methyl sites for hydroxylation is 1. The maximum absolute atomic E-state index is 13.7. The van der Waals surface area contributed by atoms with Crippen molar-refractivity contribution in [3.63, 3.8) is 0 Å². The molecule has 0 unspecified atom stereocenters. The lowest BCUT2D eigenvalue weighted by atomic mass is 10.1. The van der Waals surface area contributed by atoms with Crippen LogP contribution in [0.3, 0.4) is 0 Å². The summed E-state index contributed by atoms with van der Waals surface area (Å²) in [6.07, 6.45) is 2.11. The average Bonchev–Trinajstić information content (AvgIpc) is 2.82. The second-order valence-corrected chi connectivity index (χ2v) is 11.0. The second kappa shape index (κ2) is 12.7. The fourth-order valence-corrected chi connectivity index (χ4v) is 4.59. The molecule has 0 spiro atoms. The molecule has 0 saturated carbocycles. The normalized spacial score (nSPS) is 12.9. The molecule has 2 rings (SSSR count). The number of amides is 2. The zero-order valence-electron chi connectivity index (χ0n) is 21.9. The monoisotopic (exact) mass is 515 g/mol. The Morgan fingerprint density at radius 1 is 1.00 bits per heavy atom. The fraction of sp³-hybridized carbons (Fsp3) is 0.444. The maximum Gasteiger partial charge on any atom is 0.244 e. The SMILES string of the molecule is CC[C@@H](C)NC(=O)[C@H](CC)N(Cc1ccc(C)cc1)C(=O)CN(c1cccc(C(C)=O)c1)S(C)(=O)=O. The maximum atomic E-state index is 13.7. The molecular weight excluding hydrogens is 478 g/mol. The third-order valence-electron chi connectivity index (χ3n) is 6.08. The van der Waals surface area contributed by atoms with Crippen LogP contribution in [0.1, 0.15) is 62.0 Å². The van der Waals surface area contributed by atoms with E-state index in [-0.39, 0.29) is 30.0 Å². The molecule has 2 aromatic rings. The van der Waals surface area contributed by atoms with Gasteiger partial charge >= 0.3 is 0 Å². The van der Waals surface area contributed by atoms with E-state index in [1.54, 1.807) is 12.1 Å². The lowest BCUT2D eigenvalue weighted by Gasteiger charge is -2.33. The minimum Gasteiger partial charge on any atom is -0.352 e. The molecule has 0 radical (unpaired) electrons. The molecule has 0 aliphatic carbocycles. The van der Waals surface area contributed by atoms with E-state index >= 15 is 0 Å². The van der Waals surface area contributed by atoms with Gasteiger partial charge < -0.3 is 10.2 Å². The molecule has 0 saturated heterocycles. The number of nitrogens with one attached hydrogen (secondary N) is 1. The Morgan fingerprint density at radius 3 is 2.17 bits per heavy atom. The summed E-state index contributed by atoms with van der Waals surface area (Å²) >= 11 is 0. The Labute approximate surface area is 214 Å². The van der Waals surface area contributed by atoms with E-state index in [1.807, 2.05) is 52.0 Å². The molecule has 9 heteroatoms. The minimum atomic E-state index is -3.87. The van der Waals surface area contributed by atoms with Crippen LogP contribution in [-0.4, -0.2) is 55.8 Å². The largest absolute Gasteiger partial charge is 0.352 e. The third kappa shape index (κ3) is 7.91. The predicted octanol–water partition coefficient (Wildman–Crippen LogP) is 3.69. The first-order valence-corrected chi connectivity index (χ1v) is 14.0. The van der Waals surface area contributed by atoms with Gasteiger partial charge in [0.1, 0.15) is 12.6 Å². The fourth-order valence-electron chi connectivity index (χ4n) is 3.74. The quantitative estimate of drug-likeness (QED) is 0.434. The topological polar surface area (TPSA) is 104 Å². The Bertz CT molecular complexity index is 1180. The van der Waals surface area contributed by atoms with Gasteiger partial charge in [0.2, 0.25) is 21.8 Å². The van der Waals surface area contributed by atoms with Crippen LogP contribution in [0.4, 0.5) is 5.69 Å². The summed E-state index contributed by atoms with van der Waals surface area (Å²) in [4.78, 5) is 40.1. The van der Waals surface area contributed by atoms with Crippen LogP contribution in [-0.2, 0) is 26.2 Å². The van der Waals surface area contributed by atoms with Gasteiger partial charge in [-0.15, -0.1) is 0 Å². The van der Waals surface area contributed by atoms with Gasteiger partial charge in [0, 0.05) is 18.2 Å². The van der Waals surface area contributed by atoms with E-state index in [1.165, 1.54) is 24.0 Å². The smallest absolute Gasteiger partial charge is 0.244 e. The van der Waals surface area contributed by atoms with Gasteiger partial charge in [-0.1, -0.05) is 55.8 Å². The van der Waals surface area contributed by atoms with Crippen LogP contribution >= 0.6 is 0 Å². The third-order valence-corrected chi connectivity index (χ3v) is 7.22. The highest BCUT2D eigenvalue weighted by Gasteiger charge is 2.32. The van der Waals surface area contributed by atoms with Crippen molar-refractivity contribution >= 4 is 33.3 Å². The molecule has 36 heavy (non-hydrogen) atoms. The number of sulfonamides is 1. The van der Waals surface area contributed by atoms with Crippen molar-refractivity contribution in [3.8, 4) is 0 Å². The van der Waals surface area contributed by atoms with E-state index in [0.29, 0.717) is 12.0 Å². The molecule has 1 N–H and O–H groups in total. The molecule has 0 bridgehead atoms. The molecule has 2 amide bonds. The Balaban J connectivity index is 2.47. The van der Waals surface area contributed by atoms with E-state index in [0.717, 1.165) is 28.1 Å². The van der Waals surface area contributed by atoms with Crippen molar-refractivity contribution < 1.29 is 22.8 Å².